The van der Waals surface area contributed by atoms with E-state index in [-0.39, 0.29) is 0 Å². The highest BCUT2D eigenvalue weighted by Crippen LogP contribution is 2.41. The van der Waals surface area contributed by atoms with Crippen molar-refractivity contribution in [2.45, 2.75) is 45.4 Å². The molecule has 0 unspecified atom stereocenters. The Morgan fingerprint density at radius 3 is 2.67 bits per heavy atom. The summed E-state index contributed by atoms with van der Waals surface area (Å²) in [6, 6.07) is 2.18. The summed E-state index contributed by atoms with van der Waals surface area (Å²) >= 11 is 3.49. The number of nitrogens with zero attached hydrogens (tertiary/aromatic N) is 1. The zero-order valence-corrected chi connectivity index (χ0v) is 12.7. The van der Waals surface area contributed by atoms with E-state index in [1.54, 1.807) is 0 Å². The molecule has 3 heteroatoms. The normalized spacial score (nSPS) is 28.3. The topological polar surface area (TPSA) is 38.9 Å². The number of halogens is 1. The molecule has 0 saturated heterocycles. The Morgan fingerprint density at radius 1 is 1.39 bits per heavy atom. The SMILES string of the molecule is CCC1CCC(CN)(Cc2cncc(Br)c2)CC1. The molecule has 0 atom stereocenters. The van der Waals surface area contributed by atoms with Crippen molar-refractivity contribution in [3.8, 4) is 0 Å². The van der Waals surface area contributed by atoms with Crippen LogP contribution in [0.4, 0.5) is 0 Å². The fraction of sp³-hybridized carbons (Fsp3) is 0.667. The lowest BCUT2D eigenvalue weighted by atomic mass is 9.67. The number of rotatable bonds is 4. The summed E-state index contributed by atoms with van der Waals surface area (Å²) in [5.41, 5.74) is 7.70. The van der Waals surface area contributed by atoms with E-state index in [9.17, 15) is 0 Å². The summed E-state index contributed by atoms with van der Waals surface area (Å²) in [6.07, 6.45) is 11.4. The Balaban J connectivity index is 2.05. The van der Waals surface area contributed by atoms with Crippen LogP contribution in [-0.2, 0) is 6.42 Å². The van der Waals surface area contributed by atoms with Crippen LogP contribution in [0.1, 0.15) is 44.6 Å². The Morgan fingerprint density at radius 2 is 2.11 bits per heavy atom. The summed E-state index contributed by atoms with van der Waals surface area (Å²) in [6.45, 7) is 3.11. The van der Waals surface area contributed by atoms with Crippen LogP contribution in [0, 0.1) is 11.3 Å². The van der Waals surface area contributed by atoms with Gasteiger partial charge in [0, 0.05) is 16.9 Å². The molecule has 2 nitrogen and oxygen atoms in total. The quantitative estimate of drug-likeness (QED) is 0.915. The van der Waals surface area contributed by atoms with Crippen molar-refractivity contribution < 1.29 is 0 Å². The molecule has 100 valence electrons. The van der Waals surface area contributed by atoms with Crippen LogP contribution in [-0.4, -0.2) is 11.5 Å². The van der Waals surface area contributed by atoms with E-state index in [0.29, 0.717) is 5.41 Å². The number of nitrogens with two attached hydrogens (primary N) is 1. The standard InChI is InChI=1S/C15H23BrN2/c1-2-12-3-5-15(11-17,6-4-12)8-13-7-14(16)10-18-9-13/h7,9-10,12H,2-6,8,11,17H2,1H3. The highest BCUT2D eigenvalue weighted by atomic mass is 79.9. The average molecular weight is 311 g/mol. The van der Waals surface area contributed by atoms with Gasteiger partial charge in [0.25, 0.3) is 0 Å². The van der Waals surface area contributed by atoms with Crippen LogP contribution in [0.2, 0.25) is 0 Å². The van der Waals surface area contributed by atoms with Crippen LogP contribution in [0.25, 0.3) is 0 Å². The third-order valence-corrected chi connectivity index (χ3v) is 4.95. The van der Waals surface area contributed by atoms with Crippen LogP contribution in [0.15, 0.2) is 22.9 Å². The fourth-order valence-electron chi connectivity index (χ4n) is 3.14. The van der Waals surface area contributed by atoms with E-state index in [0.717, 1.165) is 23.4 Å². The van der Waals surface area contributed by atoms with E-state index in [1.807, 2.05) is 12.4 Å². The zero-order chi connectivity index (χ0) is 13.0. The van der Waals surface area contributed by atoms with Gasteiger partial charge in [0.1, 0.15) is 0 Å². The van der Waals surface area contributed by atoms with Crippen molar-refractivity contribution in [3.05, 3.63) is 28.5 Å². The summed E-state index contributed by atoms with van der Waals surface area (Å²) in [5, 5.41) is 0. The third-order valence-electron chi connectivity index (χ3n) is 4.52. The molecule has 1 aromatic rings. The molecule has 0 radical (unpaired) electrons. The predicted molar refractivity (Wildman–Crippen MR) is 79.4 cm³/mol. The minimum absolute atomic E-state index is 0.314. The lowest BCUT2D eigenvalue weighted by Crippen LogP contribution is -2.36. The van der Waals surface area contributed by atoms with Gasteiger partial charge in [-0.25, -0.2) is 0 Å². The van der Waals surface area contributed by atoms with Crippen molar-refractivity contribution in [3.63, 3.8) is 0 Å². The Labute approximate surface area is 119 Å². The first kappa shape index (κ1) is 14.0. The molecule has 1 saturated carbocycles. The first-order chi connectivity index (χ1) is 8.67. The van der Waals surface area contributed by atoms with Crippen LogP contribution in [0.5, 0.6) is 0 Å². The minimum Gasteiger partial charge on any atom is -0.330 e. The first-order valence-electron chi connectivity index (χ1n) is 6.97. The van der Waals surface area contributed by atoms with E-state index in [2.05, 4.69) is 33.9 Å². The minimum atomic E-state index is 0.314. The van der Waals surface area contributed by atoms with Crippen molar-refractivity contribution in [2.24, 2.45) is 17.1 Å². The van der Waals surface area contributed by atoms with Crippen LogP contribution < -0.4 is 5.73 Å². The van der Waals surface area contributed by atoms with Crippen molar-refractivity contribution in [1.82, 2.24) is 4.98 Å². The van der Waals surface area contributed by atoms with Gasteiger partial charge in [0.2, 0.25) is 0 Å². The molecule has 0 aromatic carbocycles. The van der Waals surface area contributed by atoms with Crippen molar-refractivity contribution in [1.29, 1.82) is 0 Å². The monoisotopic (exact) mass is 310 g/mol. The Kier molecular flexibility index (Phi) is 4.79. The van der Waals surface area contributed by atoms with Gasteiger partial charge in [0.15, 0.2) is 0 Å². The lowest BCUT2D eigenvalue weighted by molar-refractivity contribution is 0.153. The van der Waals surface area contributed by atoms with Crippen molar-refractivity contribution in [2.75, 3.05) is 6.54 Å². The van der Waals surface area contributed by atoms with Gasteiger partial charge in [-0.1, -0.05) is 13.3 Å². The summed E-state index contributed by atoms with van der Waals surface area (Å²) in [5.74, 6) is 0.922. The lowest BCUT2D eigenvalue weighted by Gasteiger charge is -2.39. The number of hydrogen-bond acceptors (Lipinski definition) is 2. The van der Waals surface area contributed by atoms with Gasteiger partial charge in [-0.15, -0.1) is 0 Å². The van der Waals surface area contributed by atoms with Crippen LogP contribution >= 0.6 is 15.9 Å². The smallest absolute Gasteiger partial charge is 0.0410 e. The second-order valence-electron chi connectivity index (χ2n) is 5.74. The molecule has 2 rings (SSSR count). The van der Waals surface area contributed by atoms with Gasteiger partial charge in [0.05, 0.1) is 0 Å². The second kappa shape index (κ2) is 6.16. The molecule has 1 aromatic heterocycles. The summed E-state index contributed by atoms with van der Waals surface area (Å²) in [4.78, 5) is 4.26. The number of hydrogen-bond donors (Lipinski definition) is 1. The highest BCUT2D eigenvalue weighted by Gasteiger charge is 2.33. The fourth-order valence-corrected chi connectivity index (χ4v) is 3.55. The average Bonchev–Trinajstić information content (AvgIpc) is 2.39. The van der Waals surface area contributed by atoms with Crippen molar-refractivity contribution >= 4 is 15.9 Å². The maximum absolute atomic E-state index is 6.08. The molecule has 1 heterocycles. The van der Waals surface area contributed by atoms with E-state index in [4.69, 9.17) is 5.73 Å². The molecule has 1 fully saturated rings. The van der Waals surface area contributed by atoms with Gasteiger partial charge in [-0.2, -0.15) is 0 Å². The van der Waals surface area contributed by atoms with Gasteiger partial charge >= 0.3 is 0 Å². The molecule has 2 N–H and O–H groups in total. The third kappa shape index (κ3) is 3.33. The number of pyridine rings is 1. The number of aromatic nitrogens is 1. The van der Waals surface area contributed by atoms with E-state index < -0.39 is 0 Å². The molecule has 0 amide bonds. The molecule has 1 aliphatic carbocycles. The molecule has 18 heavy (non-hydrogen) atoms. The van der Waals surface area contributed by atoms with Gasteiger partial charge in [-0.3, -0.25) is 4.98 Å². The first-order valence-corrected chi connectivity index (χ1v) is 7.76. The second-order valence-corrected chi connectivity index (χ2v) is 6.66. The molecule has 0 aliphatic heterocycles. The Bertz CT molecular complexity index is 384. The predicted octanol–water partition coefficient (Wildman–Crippen LogP) is 3.93. The molecular weight excluding hydrogens is 288 g/mol. The Hall–Kier alpha value is -0.410. The van der Waals surface area contributed by atoms with E-state index >= 15 is 0 Å². The highest BCUT2D eigenvalue weighted by molar-refractivity contribution is 9.10. The van der Waals surface area contributed by atoms with Crippen LogP contribution in [0.3, 0.4) is 0 Å². The molecule has 0 spiro atoms. The summed E-state index contributed by atoms with van der Waals surface area (Å²) < 4.78 is 1.06. The molecular formula is C15H23BrN2. The molecule has 0 bridgehead atoms. The van der Waals surface area contributed by atoms with Gasteiger partial charge < -0.3 is 5.73 Å². The summed E-state index contributed by atoms with van der Waals surface area (Å²) in [7, 11) is 0. The maximum atomic E-state index is 6.08. The van der Waals surface area contributed by atoms with Gasteiger partial charge in [-0.05, 0) is 77.5 Å². The molecule has 1 aliphatic rings. The maximum Gasteiger partial charge on any atom is 0.0410 e. The largest absolute Gasteiger partial charge is 0.330 e. The zero-order valence-electron chi connectivity index (χ0n) is 11.2. The van der Waals surface area contributed by atoms with E-state index in [1.165, 1.54) is 37.7 Å².